The van der Waals surface area contributed by atoms with Crippen LogP contribution in [0.3, 0.4) is 0 Å². The summed E-state index contributed by atoms with van der Waals surface area (Å²) in [7, 11) is 0. The van der Waals surface area contributed by atoms with Crippen molar-refractivity contribution in [2.45, 2.75) is 0 Å². The predicted octanol–water partition coefficient (Wildman–Crippen LogP) is 16.4. The minimum Gasteiger partial charge on any atom is -0.455 e. The number of hydrogen-bond donors (Lipinski definition) is 0. The van der Waals surface area contributed by atoms with Crippen molar-refractivity contribution in [3.63, 3.8) is 0 Å². The average Bonchev–Trinajstić information content (AvgIpc) is 3.78. The van der Waals surface area contributed by atoms with Crippen LogP contribution in [0.2, 0.25) is 0 Å². The van der Waals surface area contributed by atoms with E-state index in [-0.39, 0.29) is 0 Å². The maximum atomic E-state index is 7.01. The summed E-state index contributed by atoms with van der Waals surface area (Å²) < 4.78 is 7.01. The SMILES string of the molecule is c1ccc(-c2nc(-c3ccccc3)nc(-c3cccc(-c4cccc(-c5cccc6c5oc5c7ccccc7c(-c7ccc8c9ccccc9c9ccccc9c8c7)cc65)c4)c3)n2)cc1. The minimum absolute atomic E-state index is 0.625. The van der Waals surface area contributed by atoms with Crippen molar-refractivity contribution in [1.29, 1.82) is 0 Å². The van der Waals surface area contributed by atoms with Crippen LogP contribution in [0.1, 0.15) is 0 Å². The molecule has 0 spiro atoms. The molecule has 302 valence electrons. The quantitative estimate of drug-likeness (QED) is 0.157. The monoisotopic (exact) mass is 827 g/mol. The molecule has 65 heavy (non-hydrogen) atoms. The summed E-state index contributed by atoms with van der Waals surface area (Å²) in [5.74, 6) is 1.90. The third-order valence-electron chi connectivity index (χ3n) is 12.9. The second kappa shape index (κ2) is 15.0. The van der Waals surface area contributed by atoms with E-state index in [9.17, 15) is 0 Å². The number of nitrogens with zero attached hydrogens (tertiary/aromatic N) is 3. The first-order valence-corrected chi connectivity index (χ1v) is 22.0. The molecule has 0 aliphatic carbocycles. The van der Waals surface area contributed by atoms with Crippen molar-refractivity contribution in [3.8, 4) is 67.5 Å². The first kappa shape index (κ1) is 36.9. The Balaban J connectivity index is 0.927. The normalized spacial score (nSPS) is 11.7. The molecular formula is C61H37N3O. The van der Waals surface area contributed by atoms with E-state index in [0.29, 0.717) is 17.5 Å². The van der Waals surface area contributed by atoms with Crippen LogP contribution >= 0.6 is 0 Å². The Morgan fingerprint density at radius 1 is 0.215 bits per heavy atom. The molecule has 0 amide bonds. The van der Waals surface area contributed by atoms with Gasteiger partial charge in [-0.1, -0.05) is 200 Å². The van der Waals surface area contributed by atoms with Crippen molar-refractivity contribution in [1.82, 2.24) is 15.0 Å². The smallest absolute Gasteiger partial charge is 0.164 e. The van der Waals surface area contributed by atoms with Gasteiger partial charge in [-0.2, -0.15) is 0 Å². The van der Waals surface area contributed by atoms with E-state index >= 15 is 0 Å². The molecule has 0 saturated carbocycles. The van der Waals surface area contributed by atoms with Crippen LogP contribution in [0.5, 0.6) is 0 Å². The predicted molar refractivity (Wildman–Crippen MR) is 270 cm³/mol. The van der Waals surface area contributed by atoms with E-state index in [1.807, 2.05) is 60.7 Å². The third kappa shape index (κ3) is 6.18. The number of hydrogen-bond acceptors (Lipinski definition) is 4. The molecule has 0 aliphatic rings. The number of benzene rings is 11. The second-order valence-electron chi connectivity index (χ2n) is 16.7. The van der Waals surface area contributed by atoms with Gasteiger partial charge < -0.3 is 4.42 Å². The number of para-hydroxylation sites is 1. The maximum Gasteiger partial charge on any atom is 0.164 e. The van der Waals surface area contributed by atoms with Crippen molar-refractivity contribution in [2.24, 2.45) is 0 Å². The molecule has 0 unspecified atom stereocenters. The molecule has 4 nitrogen and oxygen atoms in total. The Labute approximate surface area is 374 Å². The Bertz CT molecular complexity index is 3910. The van der Waals surface area contributed by atoms with Gasteiger partial charge in [0.05, 0.1) is 0 Å². The van der Waals surface area contributed by atoms with Gasteiger partial charge in [-0.15, -0.1) is 0 Å². The molecule has 13 aromatic rings. The molecule has 0 bridgehead atoms. The van der Waals surface area contributed by atoms with Crippen molar-refractivity contribution in [2.75, 3.05) is 0 Å². The van der Waals surface area contributed by atoms with Gasteiger partial charge in [0.2, 0.25) is 0 Å². The molecule has 2 heterocycles. The van der Waals surface area contributed by atoms with Crippen LogP contribution in [0.15, 0.2) is 229 Å². The summed E-state index contributed by atoms with van der Waals surface area (Å²) in [6, 6.07) is 79.4. The molecule has 11 aromatic carbocycles. The number of fused-ring (bicyclic) bond motifs is 11. The van der Waals surface area contributed by atoms with E-state index in [4.69, 9.17) is 19.4 Å². The summed E-state index contributed by atoms with van der Waals surface area (Å²) in [6.45, 7) is 0. The first-order valence-electron chi connectivity index (χ1n) is 22.0. The Hall–Kier alpha value is -8.73. The van der Waals surface area contributed by atoms with Gasteiger partial charge in [-0.3, -0.25) is 0 Å². The van der Waals surface area contributed by atoms with Crippen molar-refractivity contribution < 1.29 is 4.42 Å². The van der Waals surface area contributed by atoms with Gasteiger partial charge in [-0.05, 0) is 89.8 Å². The summed E-state index contributed by atoms with van der Waals surface area (Å²) >= 11 is 0. The molecule has 0 radical (unpaired) electrons. The molecule has 0 aliphatic heterocycles. The first-order chi connectivity index (χ1) is 32.2. The van der Waals surface area contributed by atoms with Gasteiger partial charge in [0.15, 0.2) is 17.5 Å². The van der Waals surface area contributed by atoms with Gasteiger partial charge in [-0.25, -0.2) is 15.0 Å². The highest BCUT2D eigenvalue weighted by Gasteiger charge is 2.19. The molecule has 4 heteroatoms. The Kier molecular flexibility index (Phi) is 8.50. The number of rotatable bonds is 6. The van der Waals surface area contributed by atoms with Crippen molar-refractivity contribution in [3.05, 3.63) is 224 Å². The molecule has 2 aromatic heterocycles. The highest BCUT2D eigenvalue weighted by molar-refractivity contribution is 6.26. The number of aromatic nitrogens is 3. The van der Waals surface area contributed by atoms with E-state index in [1.165, 1.54) is 43.4 Å². The zero-order chi connectivity index (χ0) is 42.8. The van der Waals surface area contributed by atoms with Crippen LogP contribution in [-0.2, 0) is 0 Å². The summed E-state index contributed by atoms with van der Waals surface area (Å²) in [5, 5.41) is 12.1. The maximum absolute atomic E-state index is 7.01. The highest BCUT2D eigenvalue weighted by atomic mass is 16.3. The fraction of sp³-hybridized carbons (Fsp3) is 0. The van der Waals surface area contributed by atoms with E-state index < -0.39 is 0 Å². The average molecular weight is 828 g/mol. The van der Waals surface area contributed by atoms with Crippen LogP contribution < -0.4 is 0 Å². The van der Waals surface area contributed by atoms with Crippen LogP contribution in [0, 0.1) is 0 Å². The molecule has 0 N–H and O–H groups in total. The van der Waals surface area contributed by atoms with Gasteiger partial charge in [0.1, 0.15) is 11.2 Å². The summed E-state index contributed by atoms with van der Waals surface area (Å²) in [4.78, 5) is 14.9. The van der Waals surface area contributed by atoms with Gasteiger partial charge >= 0.3 is 0 Å². The standard InChI is InChI=1S/C61H37N3O/c1-3-16-38(17-4-1)59-62-60(39-18-5-2-6-19-39)64-61(63-59)44-23-14-21-41(35-44)40-20-13-22-42(34-40)45-30-15-31-53-56-37-54(50-28-11-12-29-52(50)58(56)65-57(45)53)43-32-33-51-48-26-8-7-24-46(48)47-25-9-10-27-49(47)55(51)36-43/h1-37H. The molecular weight excluding hydrogens is 791 g/mol. The van der Waals surface area contributed by atoms with E-state index in [2.05, 4.69) is 164 Å². The zero-order valence-electron chi connectivity index (χ0n) is 35.1. The Morgan fingerprint density at radius 3 is 1.26 bits per heavy atom. The fourth-order valence-electron chi connectivity index (χ4n) is 9.80. The Morgan fingerprint density at radius 2 is 0.631 bits per heavy atom. The van der Waals surface area contributed by atoms with Crippen LogP contribution in [0.25, 0.3) is 133 Å². The fourth-order valence-corrected chi connectivity index (χ4v) is 9.80. The lowest BCUT2D eigenvalue weighted by atomic mass is 9.90. The van der Waals surface area contributed by atoms with Crippen molar-refractivity contribution >= 4 is 65.0 Å². The summed E-state index contributed by atoms with van der Waals surface area (Å²) in [5.41, 5.74) is 11.2. The van der Waals surface area contributed by atoms with E-state index in [0.717, 1.165) is 71.7 Å². The topological polar surface area (TPSA) is 51.8 Å². The second-order valence-corrected chi connectivity index (χ2v) is 16.7. The third-order valence-corrected chi connectivity index (χ3v) is 12.9. The molecule has 0 fully saturated rings. The molecule has 13 rings (SSSR count). The van der Waals surface area contributed by atoms with Gasteiger partial charge in [0.25, 0.3) is 0 Å². The minimum atomic E-state index is 0.625. The highest BCUT2D eigenvalue weighted by Crippen LogP contribution is 2.44. The number of furan rings is 1. The van der Waals surface area contributed by atoms with Crippen LogP contribution in [-0.4, -0.2) is 15.0 Å². The van der Waals surface area contributed by atoms with Crippen LogP contribution in [0.4, 0.5) is 0 Å². The lowest BCUT2D eigenvalue weighted by Gasteiger charge is -2.13. The van der Waals surface area contributed by atoms with Gasteiger partial charge in [0, 0.05) is 38.4 Å². The van der Waals surface area contributed by atoms with E-state index in [1.54, 1.807) is 0 Å². The summed E-state index contributed by atoms with van der Waals surface area (Å²) in [6.07, 6.45) is 0. The largest absolute Gasteiger partial charge is 0.455 e. The lowest BCUT2D eigenvalue weighted by Crippen LogP contribution is -2.00. The molecule has 0 saturated heterocycles. The lowest BCUT2D eigenvalue weighted by molar-refractivity contribution is 0.674. The zero-order valence-corrected chi connectivity index (χ0v) is 35.1. The molecule has 0 atom stereocenters.